The smallest absolute Gasteiger partial charge is 0.407 e. The molecule has 0 spiro atoms. The van der Waals surface area contributed by atoms with Gasteiger partial charge < -0.3 is 25.7 Å². The Morgan fingerprint density at radius 1 is 0.850 bits per heavy atom. The molecule has 6 N–H and O–H groups in total. The van der Waals surface area contributed by atoms with Crippen LogP contribution in [0.25, 0.3) is 0 Å². The molecule has 2 aromatic carbocycles. The zero-order chi connectivity index (χ0) is 29.2. The summed E-state index contributed by atoms with van der Waals surface area (Å²) in [6, 6.07) is 14.7. The lowest BCUT2D eigenvalue weighted by molar-refractivity contribution is -0.114. The van der Waals surface area contributed by atoms with Crippen molar-refractivity contribution in [2.75, 3.05) is 24.7 Å². The van der Waals surface area contributed by atoms with Crippen molar-refractivity contribution in [1.82, 2.24) is 20.5 Å². The Hall–Kier alpha value is -4.65. The minimum absolute atomic E-state index is 0.0475. The maximum Gasteiger partial charge on any atom is 0.407 e. The monoisotopic (exact) mass is 568 g/mol. The zero-order valence-electron chi connectivity index (χ0n) is 22.4. The predicted octanol–water partition coefficient (Wildman–Crippen LogP) is 3.60. The first-order valence-corrected chi connectivity index (χ1v) is 13.2. The summed E-state index contributed by atoms with van der Waals surface area (Å²) in [5.41, 5.74) is 4.14. The van der Waals surface area contributed by atoms with Gasteiger partial charge in [-0.1, -0.05) is 24.3 Å². The van der Waals surface area contributed by atoms with Crippen LogP contribution in [0, 0.1) is 0 Å². The van der Waals surface area contributed by atoms with E-state index in [1.807, 2.05) is 47.0 Å². The summed E-state index contributed by atoms with van der Waals surface area (Å²) in [7, 11) is 3.43. The summed E-state index contributed by atoms with van der Waals surface area (Å²) >= 11 is 1.45. The van der Waals surface area contributed by atoms with Gasteiger partial charge in [-0.2, -0.15) is 0 Å². The van der Waals surface area contributed by atoms with E-state index in [-0.39, 0.29) is 11.8 Å². The van der Waals surface area contributed by atoms with Gasteiger partial charge in [-0.15, -0.1) is 11.3 Å². The molecule has 0 saturated carbocycles. The highest BCUT2D eigenvalue weighted by molar-refractivity contribution is 7.15. The molecule has 1 heterocycles. The fourth-order valence-electron chi connectivity index (χ4n) is 3.86. The van der Waals surface area contributed by atoms with E-state index in [0.29, 0.717) is 29.2 Å². The van der Waals surface area contributed by atoms with Crippen LogP contribution < -0.4 is 21.3 Å². The van der Waals surface area contributed by atoms with Crippen molar-refractivity contribution in [3.05, 3.63) is 75.8 Å². The fourth-order valence-corrected chi connectivity index (χ4v) is 4.91. The second-order valence-corrected chi connectivity index (χ2v) is 10.2. The third kappa shape index (κ3) is 9.27. The van der Waals surface area contributed by atoms with E-state index < -0.39 is 18.5 Å². The van der Waals surface area contributed by atoms with Crippen LogP contribution in [0.1, 0.15) is 39.0 Å². The summed E-state index contributed by atoms with van der Waals surface area (Å²) in [5.74, 6) is -0.238. The van der Waals surface area contributed by atoms with Crippen molar-refractivity contribution in [3.63, 3.8) is 0 Å². The average Bonchev–Trinajstić information content (AvgIpc) is 3.26. The van der Waals surface area contributed by atoms with Crippen LogP contribution in [0.15, 0.2) is 48.5 Å². The van der Waals surface area contributed by atoms with Gasteiger partial charge in [-0.05, 0) is 61.1 Å². The number of aromatic nitrogens is 1. The average molecular weight is 569 g/mol. The van der Waals surface area contributed by atoms with E-state index in [1.165, 1.54) is 23.2 Å². The lowest BCUT2D eigenvalue weighted by Gasteiger charge is -2.19. The third-order valence-electron chi connectivity index (χ3n) is 5.76. The number of nitrogens with zero attached hydrogens (tertiary/aromatic N) is 2. The number of hydrogen-bond donors (Lipinski definition) is 6. The number of nitrogens with one attached hydrogen (secondary N) is 4. The van der Waals surface area contributed by atoms with Crippen molar-refractivity contribution in [1.29, 1.82) is 0 Å². The summed E-state index contributed by atoms with van der Waals surface area (Å²) in [4.78, 5) is 52.8. The SMILES string of the molecule is CC(=O)Nc1nc(CCc2ccc(NC(NC(=O)O)NC(=O)O)cc2)c(CCc2ccc(C(=O)N(C)C)cc2)s1. The molecule has 12 nitrogen and oxygen atoms in total. The van der Waals surface area contributed by atoms with E-state index in [1.54, 1.807) is 26.2 Å². The Labute approximate surface area is 235 Å². The molecule has 13 heteroatoms. The molecule has 3 aromatic rings. The first-order chi connectivity index (χ1) is 19.0. The quantitative estimate of drug-likeness (QED) is 0.180. The Morgan fingerprint density at radius 2 is 1.40 bits per heavy atom. The Morgan fingerprint density at radius 3 is 1.93 bits per heavy atom. The number of aryl methyl sites for hydroxylation is 4. The van der Waals surface area contributed by atoms with Gasteiger partial charge >= 0.3 is 12.2 Å². The number of amides is 4. The molecule has 3 rings (SSSR count). The number of rotatable bonds is 12. The summed E-state index contributed by atoms with van der Waals surface area (Å²) in [6.45, 7) is 1.44. The maximum absolute atomic E-state index is 12.1. The largest absolute Gasteiger partial charge is 0.465 e. The molecule has 212 valence electrons. The highest BCUT2D eigenvalue weighted by Crippen LogP contribution is 2.26. The molecular weight excluding hydrogens is 536 g/mol. The van der Waals surface area contributed by atoms with Gasteiger partial charge in [0.2, 0.25) is 5.91 Å². The molecule has 4 amide bonds. The van der Waals surface area contributed by atoms with Crippen molar-refractivity contribution >= 4 is 46.2 Å². The van der Waals surface area contributed by atoms with Crippen molar-refractivity contribution in [3.8, 4) is 0 Å². The van der Waals surface area contributed by atoms with Gasteiger partial charge in [-0.3, -0.25) is 20.2 Å². The summed E-state index contributed by atoms with van der Waals surface area (Å²) in [6.07, 6.45) is -1.18. The molecule has 0 aliphatic heterocycles. The highest BCUT2D eigenvalue weighted by atomic mass is 32.1. The van der Waals surface area contributed by atoms with Crippen LogP contribution >= 0.6 is 11.3 Å². The molecule has 0 aliphatic carbocycles. The fraction of sp³-hybridized carbons (Fsp3) is 0.296. The van der Waals surface area contributed by atoms with E-state index in [4.69, 9.17) is 10.2 Å². The number of anilines is 2. The van der Waals surface area contributed by atoms with Gasteiger partial charge in [0.1, 0.15) is 0 Å². The Kier molecular flexibility index (Phi) is 10.4. The molecule has 0 radical (unpaired) electrons. The van der Waals surface area contributed by atoms with Crippen molar-refractivity contribution in [2.24, 2.45) is 0 Å². The summed E-state index contributed by atoms with van der Waals surface area (Å²) < 4.78 is 0. The van der Waals surface area contributed by atoms with Crippen LogP contribution in [0.4, 0.5) is 20.4 Å². The van der Waals surface area contributed by atoms with Gasteiger partial charge in [0.15, 0.2) is 11.4 Å². The molecule has 0 atom stereocenters. The number of hydrogen-bond acceptors (Lipinski definition) is 7. The second-order valence-electron chi connectivity index (χ2n) is 9.14. The summed E-state index contributed by atoms with van der Waals surface area (Å²) in [5, 5.41) is 27.9. The minimum atomic E-state index is -1.38. The first kappa shape index (κ1) is 29.9. The van der Waals surface area contributed by atoms with Crippen LogP contribution in [0.2, 0.25) is 0 Å². The number of benzene rings is 2. The molecule has 40 heavy (non-hydrogen) atoms. The minimum Gasteiger partial charge on any atom is -0.465 e. The van der Waals surface area contributed by atoms with E-state index in [2.05, 4.69) is 15.6 Å². The molecule has 0 bridgehead atoms. The number of carbonyl (C=O) groups is 4. The third-order valence-corrected chi connectivity index (χ3v) is 6.83. The van der Waals surface area contributed by atoms with Gasteiger partial charge in [0.05, 0.1) is 5.69 Å². The number of carbonyl (C=O) groups excluding carboxylic acids is 2. The van der Waals surface area contributed by atoms with Crippen molar-refractivity contribution < 1.29 is 29.4 Å². The topological polar surface area (TPSA) is 173 Å². The lowest BCUT2D eigenvalue weighted by Crippen LogP contribution is -2.52. The lowest BCUT2D eigenvalue weighted by atomic mass is 10.0. The Bertz CT molecular complexity index is 1320. The van der Waals surface area contributed by atoms with Gasteiger partial charge in [0, 0.05) is 37.1 Å². The number of carboxylic acid groups (broad SMARTS) is 2. The van der Waals surface area contributed by atoms with Crippen LogP contribution in [0.3, 0.4) is 0 Å². The normalized spacial score (nSPS) is 10.6. The number of thiazole rings is 1. The Balaban J connectivity index is 1.65. The molecule has 0 unspecified atom stereocenters. The van der Waals surface area contributed by atoms with Crippen LogP contribution in [-0.2, 0) is 30.5 Å². The van der Waals surface area contributed by atoms with Gasteiger partial charge in [0.25, 0.3) is 5.91 Å². The van der Waals surface area contributed by atoms with Crippen molar-refractivity contribution in [2.45, 2.75) is 38.9 Å². The zero-order valence-corrected chi connectivity index (χ0v) is 23.2. The van der Waals surface area contributed by atoms with E-state index in [9.17, 15) is 19.2 Å². The predicted molar refractivity (Wildman–Crippen MR) is 152 cm³/mol. The van der Waals surface area contributed by atoms with E-state index >= 15 is 0 Å². The second kappa shape index (κ2) is 13.9. The molecule has 0 fully saturated rings. The maximum atomic E-state index is 12.1. The van der Waals surface area contributed by atoms with E-state index in [0.717, 1.165) is 34.5 Å². The molecule has 0 saturated heterocycles. The molecule has 1 aromatic heterocycles. The highest BCUT2D eigenvalue weighted by Gasteiger charge is 2.15. The first-order valence-electron chi connectivity index (χ1n) is 12.4. The van der Waals surface area contributed by atoms with Gasteiger partial charge in [-0.25, -0.2) is 14.6 Å². The molecule has 0 aliphatic rings. The molecular formula is C27H32N6O6S. The van der Waals surface area contributed by atoms with Crippen LogP contribution in [0.5, 0.6) is 0 Å². The standard InChI is InChI=1S/C27H32N6O6S/c1-16(34)28-25-30-21(22(40-25)15-9-17-4-10-19(11-5-17)23(35)33(2)3)14-8-18-6-12-20(13-7-18)29-24(31-26(36)37)32-27(38)39/h4-7,10-13,24,29,31-32H,8-9,14-15H2,1-3H3,(H,36,37)(H,38,39)(H,28,30,34). The van der Waals surface area contributed by atoms with Crippen LogP contribution in [-0.4, -0.2) is 64.5 Å².